The predicted octanol–water partition coefficient (Wildman–Crippen LogP) is 2.92. The highest BCUT2D eigenvalue weighted by atomic mass is 16.6. The van der Waals surface area contributed by atoms with E-state index in [9.17, 15) is 10.1 Å². The first-order chi connectivity index (χ1) is 11.5. The second kappa shape index (κ2) is 7.49. The molecule has 3 rings (SSSR count). The molecule has 132 valence electrons. The van der Waals surface area contributed by atoms with Gasteiger partial charge < -0.3 is 9.64 Å². The molecule has 2 fully saturated rings. The zero-order chi connectivity index (χ0) is 17.1. The van der Waals surface area contributed by atoms with Crippen LogP contribution in [-0.4, -0.2) is 54.8 Å². The summed E-state index contributed by atoms with van der Waals surface area (Å²) in [6.07, 6.45) is 2.79. The average molecular weight is 333 g/mol. The number of hydrogen-bond donors (Lipinski definition) is 0. The molecule has 0 N–H and O–H groups in total. The van der Waals surface area contributed by atoms with Crippen molar-refractivity contribution < 1.29 is 9.66 Å². The van der Waals surface area contributed by atoms with Crippen molar-refractivity contribution in [3.8, 4) is 0 Å². The van der Waals surface area contributed by atoms with Gasteiger partial charge in [-0.1, -0.05) is 12.1 Å². The van der Waals surface area contributed by atoms with E-state index in [-0.39, 0.29) is 10.6 Å². The zero-order valence-electron chi connectivity index (χ0n) is 14.6. The van der Waals surface area contributed by atoms with Gasteiger partial charge in [-0.2, -0.15) is 0 Å². The molecule has 2 aliphatic rings. The molecule has 24 heavy (non-hydrogen) atoms. The molecule has 0 radical (unpaired) electrons. The number of rotatable bonds is 4. The standard InChI is InChI=1S/C18H27N3O3/c1-14-11-19(12-15(2)24-14)13-16-7-9-20(10-8-16)17-5-3-4-6-18(17)21(22)23/h3-6,14-16H,7-13H2,1-2H3. The maximum absolute atomic E-state index is 11.2. The van der Waals surface area contributed by atoms with Crippen molar-refractivity contribution in [3.05, 3.63) is 34.4 Å². The van der Waals surface area contributed by atoms with Crippen molar-refractivity contribution in [2.24, 2.45) is 5.92 Å². The Bertz CT molecular complexity index is 562. The lowest BCUT2D eigenvalue weighted by Crippen LogP contribution is -2.48. The number of nitrogens with zero attached hydrogens (tertiary/aromatic N) is 3. The van der Waals surface area contributed by atoms with E-state index >= 15 is 0 Å². The Morgan fingerprint density at radius 3 is 2.42 bits per heavy atom. The molecule has 2 aliphatic heterocycles. The number of anilines is 1. The molecule has 1 aromatic carbocycles. The maximum atomic E-state index is 11.2. The third-order valence-electron chi connectivity index (χ3n) is 5.05. The van der Waals surface area contributed by atoms with Crippen molar-refractivity contribution in [2.75, 3.05) is 37.6 Å². The maximum Gasteiger partial charge on any atom is 0.292 e. The largest absolute Gasteiger partial charge is 0.373 e. The number of morpholine rings is 1. The second-order valence-corrected chi connectivity index (χ2v) is 7.15. The molecule has 0 spiro atoms. The Morgan fingerprint density at radius 1 is 1.17 bits per heavy atom. The lowest BCUT2D eigenvalue weighted by Gasteiger charge is -2.39. The molecular weight excluding hydrogens is 306 g/mol. The first-order valence-electron chi connectivity index (χ1n) is 8.89. The van der Waals surface area contributed by atoms with E-state index in [2.05, 4.69) is 23.6 Å². The lowest BCUT2D eigenvalue weighted by molar-refractivity contribution is -0.384. The van der Waals surface area contributed by atoms with Crippen LogP contribution in [0.1, 0.15) is 26.7 Å². The minimum atomic E-state index is -0.280. The minimum absolute atomic E-state index is 0.215. The van der Waals surface area contributed by atoms with Gasteiger partial charge >= 0.3 is 0 Å². The van der Waals surface area contributed by atoms with Gasteiger partial charge in [-0.05, 0) is 38.7 Å². The normalized spacial score (nSPS) is 26.5. The molecule has 0 amide bonds. The van der Waals surface area contributed by atoms with E-state index in [4.69, 9.17) is 4.74 Å². The van der Waals surface area contributed by atoms with Crippen molar-refractivity contribution in [1.29, 1.82) is 0 Å². The van der Waals surface area contributed by atoms with Crippen LogP contribution in [-0.2, 0) is 4.74 Å². The van der Waals surface area contributed by atoms with Gasteiger partial charge in [-0.25, -0.2) is 0 Å². The smallest absolute Gasteiger partial charge is 0.292 e. The first kappa shape index (κ1) is 17.2. The van der Waals surface area contributed by atoms with Crippen molar-refractivity contribution in [1.82, 2.24) is 4.90 Å². The molecule has 0 aromatic heterocycles. The number of ether oxygens (including phenoxy) is 1. The molecule has 1 aromatic rings. The summed E-state index contributed by atoms with van der Waals surface area (Å²) in [6, 6.07) is 7.07. The number of piperidine rings is 1. The Labute approximate surface area is 143 Å². The van der Waals surface area contributed by atoms with E-state index in [1.54, 1.807) is 12.1 Å². The summed E-state index contributed by atoms with van der Waals surface area (Å²) in [6.45, 7) is 9.20. The van der Waals surface area contributed by atoms with Crippen molar-refractivity contribution in [2.45, 2.75) is 38.9 Å². The zero-order valence-corrected chi connectivity index (χ0v) is 14.6. The second-order valence-electron chi connectivity index (χ2n) is 7.15. The van der Waals surface area contributed by atoms with E-state index < -0.39 is 0 Å². The van der Waals surface area contributed by atoms with Gasteiger partial charge in [-0.15, -0.1) is 0 Å². The summed E-state index contributed by atoms with van der Waals surface area (Å²) < 4.78 is 5.80. The van der Waals surface area contributed by atoms with Crippen LogP contribution in [0.2, 0.25) is 0 Å². The van der Waals surface area contributed by atoms with E-state index in [0.29, 0.717) is 18.1 Å². The highest BCUT2D eigenvalue weighted by Crippen LogP contribution is 2.31. The number of benzene rings is 1. The summed E-state index contributed by atoms with van der Waals surface area (Å²) in [5.41, 5.74) is 0.973. The van der Waals surface area contributed by atoms with Gasteiger partial charge in [0.15, 0.2) is 0 Å². The molecule has 0 bridgehead atoms. The van der Waals surface area contributed by atoms with Gasteiger partial charge in [0.1, 0.15) is 5.69 Å². The number of nitro groups is 1. The lowest BCUT2D eigenvalue weighted by atomic mass is 9.95. The quantitative estimate of drug-likeness (QED) is 0.626. The van der Waals surface area contributed by atoms with Crippen LogP contribution >= 0.6 is 0 Å². The van der Waals surface area contributed by atoms with Crippen LogP contribution in [0.5, 0.6) is 0 Å². The van der Waals surface area contributed by atoms with E-state index in [0.717, 1.165) is 51.3 Å². The Kier molecular flexibility index (Phi) is 5.36. The molecular formula is C18H27N3O3. The van der Waals surface area contributed by atoms with Crippen molar-refractivity contribution >= 4 is 11.4 Å². The summed E-state index contributed by atoms with van der Waals surface area (Å²) in [5, 5.41) is 11.2. The molecule has 2 heterocycles. The summed E-state index contributed by atoms with van der Waals surface area (Å²) in [5.74, 6) is 0.668. The van der Waals surface area contributed by atoms with Crippen molar-refractivity contribution in [3.63, 3.8) is 0 Å². The van der Waals surface area contributed by atoms with Gasteiger partial charge in [0.25, 0.3) is 5.69 Å². The molecule has 6 nitrogen and oxygen atoms in total. The summed E-state index contributed by atoms with van der Waals surface area (Å²) >= 11 is 0. The van der Waals surface area contributed by atoms with E-state index in [1.807, 2.05) is 12.1 Å². The molecule has 6 heteroatoms. The summed E-state index contributed by atoms with van der Waals surface area (Å²) in [7, 11) is 0. The fourth-order valence-corrected chi connectivity index (χ4v) is 4.04. The fraction of sp³-hybridized carbons (Fsp3) is 0.667. The Hall–Kier alpha value is -1.66. The predicted molar refractivity (Wildman–Crippen MR) is 94.5 cm³/mol. The highest BCUT2D eigenvalue weighted by Gasteiger charge is 2.28. The SMILES string of the molecule is CC1CN(CC2CCN(c3ccccc3[N+](=O)[O-])CC2)CC(C)O1. The van der Waals surface area contributed by atoms with Crippen LogP contribution in [0, 0.1) is 16.0 Å². The molecule has 2 saturated heterocycles. The fourth-order valence-electron chi connectivity index (χ4n) is 4.04. The minimum Gasteiger partial charge on any atom is -0.373 e. The molecule has 2 unspecified atom stereocenters. The Balaban J connectivity index is 1.55. The van der Waals surface area contributed by atoms with Gasteiger partial charge in [0.2, 0.25) is 0 Å². The van der Waals surface area contributed by atoms with Crippen LogP contribution in [0.4, 0.5) is 11.4 Å². The van der Waals surface area contributed by atoms with Crippen LogP contribution in [0.15, 0.2) is 24.3 Å². The average Bonchev–Trinajstić information content (AvgIpc) is 2.54. The molecule has 0 aliphatic carbocycles. The van der Waals surface area contributed by atoms with Gasteiger partial charge in [0.05, 0.1) is 17.1 Å². The summed E-state index contributed by atoms with van der Waals surface area (Å²) in [4.78, 5) is 15.6. The molecule has 2 atom stereocenters. The monoisotopic (exact) mass is 333 g/mol. The van der Waals surface area contributed by atoms with Gasteiger partial charge in [0, 0.05) is 38.8 Å². The van der Waals surface area contributed by atoms with E-state index in [1.165, 1.54) is 0 Å². The first-order valence-corrected chi connectivity index (χ1v) is 8.89. The third kappa shape index (κ3) is 4.05. The number of nitro benzene ring substituents is 1. The van der Waals surface area contributed by atoms with Crippen LogP contribution < -0.4 is 4.90 Å². The molecule has 0 saturated carbocycles. The van der Waals surface area contributed by atoms with Crippen LogP contribution in [0.3, 0.4) is 0 Å². The topological polar surface area (TPSA) is 58.9 Å². The third-order valence-corrected chi connectivity index (χ3v) is 5.05. The van der Waals surface area contributed by atoms with Gasteiger partial charge in [-0.3, -0.25) is 15.0 Å². The number of hydrogen-bond acceptors (Lipinski definition) is 5. The highest BCUT2D eigenvalue weighted by molar-refractivity contribution is 5.63. The van der Waals surface area contributed by atoms with Crippen LogP contribution in [0.25, 0.3) is 0 Å². The number of para-hydroxylation sites is 2. The Morgan fingerprint density at radius 2 is 1.79 bits per heavy atom.